The Morgan fingerprint density at radius 2 is 2.12 bits per heavy atom. The summed E-state index contributed by atoms with van der Waals surface area (Å²) in [6, 6.07) is 3.13. The molecule has 25 heavy (non-hydrogen) atoms. The Balaban J connectivity index is 1.70. The van der Waals surface area contributed by atoms with E-state index in [0.717, 1.165) is 40.9 Å². The summed E-state index contributed by atoms with van der Waals surface area (Å²) >= 11 is 3.51. The minimum Gasteiger partial charge on any atom is -0.396 e. The maximum atomic E-state index is 9.97. The number of piperidine rings is 1. The molecule has 2 atom stereocenters. The highest BCUT2D eigenvalue weighted by atomic mass is 79.9. The molecule has 1 saturated heterocycles. The van der Waals surface area contributed by atoms with Gasteiger partial charge in [-0.1, -0.05) is 25.8 Å². The molecule has 2 aliphatic rings. The largest absolute Gasteiger partial charge is 0.396 e. The molecule has 1 aliphatic heterocycles. The van der Waals surface area contributed by atoms with E-state index in [1.807, 2.05) is 13.1 Å². The molecule has 0 bridgehead atoms. The molecule has 1 aliphatic carbocycles. The Morgan fingerprint density at radius 3 is 2.80 bits per heavy atom. The molecule has 3 rings (SSSR count). The highest BCUT2D eigenvalue weighted by molar-refractivity contribution is 9.10. The van der Waals surface area contributed by atoms with Gasteiger partial charge in [0, 0.05) is 53.9 Å². The number of aliphatic hydroxyl groups excluding tert-OH is 1. The van der Waals surface area contributed by atoms with Gasteiger partial charge in [0.2, 0.25) is 0 Å². The zero-order valence-electron chi connectivity index (χ0n) is 15.2. The predicted octanol–water partition coefficient (Wildman–Crippen LogP) is 3.99. The average molecular weight is 408 g/mol. The number of nitrogens with one attached hydrogen (secondary N) is 1. The fourth-order valence-corrected chi connectivity index (χ4v) is 4.53. The molecule has 0 amide bonds. The van der Waals surface area contributed by atoms with Gasteiger partial charge < -0.3 is 15.3 Å². The summed E-state index contributed by atoms with van der Waals surface area (Å²) in [5.41, 5.74) is 2.11. The van der Waals surface area contributed by atoms with Gasteiger partial charge in [-0.2, -0.15) is 0 Å². The van der Waals surface area contributed by atoms with E-state index in [0.29, 0.717) is 12.1 Å². The molecule has 4 nitrogen and oxygen atoms in total. The number of aromatic nitrogens is 1. The van der Waals surface area contributed by atoms with Crippen molar-refractivity contribution in [2.45, 2.75) is 57.5 Å². The van der Waals surface area contributed by atoms with E-state index in [9.17, 15) is 5.11 Å². The first kappa shape index (κ1) is 18.9. The van der Waals surface area contributed by atoms with Crippen LogP contribution in [0.2, 0.25) is 0 Å². The van der Waals surface area contributed by atoms with E-state index in [2.05, 4.69) is 43.8 Å². The predicted molar refractivity (Wildman–Crippen MR) is 108 cm³/mol. The number of anilines is 1. The molecule has 2 fully saturated rings. The zero-order valence-corrected chi connectivity index (χ0v) is 16.8. The monoisotopic (exact) mass is 407 g/mol. The van der Waals surface area contributed by atoms with Gasteiger partial charge in [-0.05, 0) is 53.8 Å². The number of pyridine rings is 1. The lowest BCUT2D eigenvalue weighted by Gasteiger charge is -2.41. The van der Waals surface area contributed by atoms with Gasteiger partial charge in [-0.25, -0.2) is 4.98 Å². The van der Waals surface area contributed by atoms with E-state index in [1.54, 1.807) is 0 Å². The molecule has 1 saturated carbocycles. The van der Waals surface area contributed by atoms with Gasteiger partial charge >= 0.3 is 0 Å². The molecule has 0 spiro atoms. The number of aliphatic hydroxyl groups is 1. The molecule has 1 aromatic heterocycles. The van der Waals surface area contributed by atoms with Crippen LogP contribution < -0.4 is 10.2 Å². The van der Waals surface area contributed by atoms with Crippen LogP contribution in [0.25, 0.3) is 5.57 Å². The van der Waals surface area contributed by atoms with Gasteiger partial charge in [-0.15, -0.1) is 0 Å². The van der Waals surface area contributed by atoms with E-state index in [1.165, 1.54) is 32.1 Å². The number of nitrogens with zero attached hydrogens (tertiary/aromatic N) is 2. The molecule has 2 heterocycles. The second-order valence-electron chi connectivity index (χ2n) is 7.59. The minimum absolute atomic E-state index is 0.222. The van der Waals surface area contributed by atoms with Crippen molar-refractivity contribution in [1.29, 1.82) is 0 Å². The van der Waals surface area contributed by atoms with Crippen LogP contribution in [0.3, 0.4) is 0 Å². The first-order valence-electron chi connectivity index (χ1n) is 9.51. The summed E-state index contributed by atoms with van der Waals surface area (Å²) in [6.07, 6.45) is 9.52. The van der Waals surface area contributed by atoms with Gasteiger partial charge in [0.25, 0.3) is 0 Å². The van der Waals surface area contributed by atoms with Crippen molar-refractivity contribution in [3.63, 3.8) is 0 Å². The molecule has 138 valence electrons. The maximum absolute atomic E-state index is 9.97. The van der Waals surface area contributed by atoms with Crippen molar-refractivity contribution < 1.29 is 5.11 Å². The van der Waals surface area contributed by atoms with Gasteiger partial charge in [-0.3, -0.25) is 0 Å². The summed E-state index contributed by atoms with van der Waals surface area (Å²) in [5.74, 6) is 1.24. The van der Waals surface area contributed by atoms with Crippen LogP contribution in [-0.2, 0) is 0 Å². The highest BCUT2D eigenvalue weighted by Crippen LogP contribution is 2.31. The average Bonchev–Trinajstić information content (AvgIpc) is 2.63. The Kier molecular flexibility index (Phi) is 6.53. The summed E-state index contributed by atoms with van der Waals surface area (Å²) in [6.45, 7) is 8.16. The summed E-state index contributed by atoms with van der Waals surface area (Å²) in [7, 11) is 0. The van der Waals surface area contributed by atoms with Crippen molar-refractivity contribution in [3.05, 3.63) is 28.9 Å². The van der Waals surface area contributed by atoms with E-state index in [-0.39, 0.29) is 12.5 Å². The fraction of sp³-hybridized carbons (Fsp3) is 0.650. The van der Waals surface area contributed by atoms with Crippen LogP contribution in [0.1, 0.15) is 51.0 Å². The molecule has 0 radical (unpaired) electrons. The van der Waals surface area contributed by atoms with E-state index >= 15 is 0 Å². The molecular formula is C20H30BrN3O. The second kappa shape index (κ2) is 8.65. The first-order valence-corrected chi connectivity index (χ1v) is 10.3. The van der Waals surface area contributed by atoms with Crippen LogP contribution in [0, 0.1) is 5.92 Å². The Bertz CT molecular complexity index is 601. The van der Waals surface area contributed by atoms with Crippen LogP contribution in [0.4, 0.5) is 5.82 Å². The van der Waals surface area contributed by atoms with Crippen LogP contribution >= 0.6 is 15.9 Å². The first-order chi connectivity index (χ1) is 12.1. The summed E-state index contributed by atoms with van der Waals surface area (Å²) in [4.78, 5) is 6.96. The molecule has 1 aromatic rings. The van der Waals surface area contributed by atoms with Crippen LogP contribution in [0.5, 0.6) is 0 Å². The fourth-order valence-electron chi connectivity index (χ4n) is 4.20. The topological polar surface area (TPSA) is 48.4 Å². The van der Waals surface area contributed by atoms with Gasteiger partial charge in [0.1, 0.15) is 5.82 Å². The van der Waals surface area contributed by atoms with Crippen molar-refractivity contribution >= 4 is 27.3 Å². The zero-order chi connectivity index (χ0) is 17.8. The minimum atomic E-state index is 0.222. The van der Waals surface area contributed by atoms with E-state index < -0.39 is 0 Å². The highest BCUT2D eigenvalue weighted by Gasteiger charge is 2.32. The van der Waals surface area contributed by atoms with Crippen LogP contribution in [0.15, 0.2) is 23.3 Å². The third kappa shape index (κ3) is 4.63. The lowest BCUT2D eigenvalue weighted by molar-refractivity contribution is 0.160. The van der Waals surface area contributed by atoms with E-state index in [4.69, 9.17) is 0 Å². The van der Waals surface area contributed by atoms with Crippen molar-refractivity contribution in [3.8, 4) is 0 Å². The smallest absolute Gasteiger partial charge is 0.136 e. The number of rotatable bonds is 5. The number of allylic oxidation sites excluding steroid dienone is 1. The van der Waals surface area contributed by atoms with Gasteiger partial charge in [0.15, 0.2) is 0 Å². The quantitative estimate of drug-likeness (QED) is 0.774. The second-order valence-corrected chi connectivity index (χ2v) is 8.51. The lowest BCUT2D eigenvalue weighted by atomic mass is 9.88. The standard InChI is InChI=1S/C20H30BrN3O/c1-14(2)18-10-16(21)11-22-20(18)24-9-8-19(15(12-24)13-25)23-17-6-4-3-5-7-17/h10-11,15,17,19,23,25H,1,3-9,12-13H2,2H3. The van der Waals surface area contributed by atoms with Crippen LogP contribution in [-0.4, -0.2) is 41.9 Å². The Hall–Kier alpha value is -0.910. The summed E-state index contributed by atoms with van der Waals surface area (Å²) < 4.78 is 0.974. The van der Waals surface area contributed by atoms with Crippen molar-refractivity contribution in [2.24, 2.45) is 5.92 Å². The number of hydrogen-bond donors (Lipinski definition) is 2. The number of hydrogen-bond acceptors (Lipinski definition) is 4. The van der Waals surface area contributed by atoms with Crippen molar-refractivity contribution in [2.75, 3.05) is 24.6 Å². The lowest BCUT2D eigenvalue weighted by Crippen LogP contribution is -2.53. The summed E-state index contributed by atoms with van der Waals surface area (Å²) in [5, 5.41) is 13.8. The molecule has 2 N–H and O–H groups in total. The molecule has 2 unspecified atom stereocenters. The van der Waals surface area contributed by atoms with Gasteiger partial charge in [0.05, 0.1) is 0 Å². The normalized spacial score (nSPS) is 25.2. The molecule has 5 heteroatoms. The van der Waals surface area contributed by atoms with Crippen molar-refractivity contribution in [1.82, 2.24) is 10.3 Å². The maximum Gasteiger partial charge on any atom is 0.136 e. The molecule has 0 aromatic carbocycles. The number of halogens is 1. The third-order valence-electron chi connectivity index (χ3n) is 5.62. The Morgan fingerprint density at radius 1 is 1.36 bits per heavy atom. The molecular weight excluding hydrogens is 378 g/mol. The SMILES string of the molecule is C=C(C)c1cc(Br)cnc1N1CCC(NC2CCCCC2)C(CO)C1. The third-order valence-corrected chi connectivity index (χ3v) is 6.05. The Labute approximate surface area is 159 Å².